The molecule has 0 bridgehead atoms. The van der Waals surface area contributed by atoms with Crippen LogP contribution in [0.2, 0.25) is 5.02 Å². The highest BCUT2D eigenvalue weighted by Crippen LogP contribution is 2.30. The summed E-state index contributed by atoms with van der Waals surface area (Å²) >= 11 is 8.07. The van der Waals surface area contributed by atoms with E-state index < -0.39 is 0 Å². The third kappa shape index (κ3) is 3.53. The third-order valence-corrected chi connectivity index (χ3v) is 4.85. The van der Waals surface area contributed by atoms with Gasteiger partial charge >= 0.3 is 0 Å². The molecule has 5 heteroatoms. The molecular weight excluding hydrogens is 268 g/mol. The lowest BCUT2D eigenvalue weighted by Crippen LogP contribution is -2.13. The molecule has 0 aliphatic carbocycles. The summed E-state index contributed by atoms with van der Waals surface area (Å²) in [6.45, 7) is 5.93. The van der Waals surface area contributed by atoms with Gasteiger partial charge in [0.25, 0.3) is 0 Å². The first-order valence-electron chi connectivity index (χ1n) is 6.33. The average molecular weight is 287 g/mol. The topological polar surface area (TPSA) is 34.1 Å². The zero-order valence-electron chi connectivity index (χ0n) is 10.8. The fourth-order valence-electron chi connectivity index (χ4n) is 1.98. The Balaban J connectivity index is 1.97. The van der Waals surface area contributed by atoms with Gasteiger partial charge in [-0.25, -0.2) is 4.98 Å². The van der Waals surface area contributed by atoms with E-state index in [9.17, 15) is 0 Å². The molecule has 1 fully saturated rings. The molecule has 0 saturated carbocycles. The maximum Gasteiger partial charge on any atom is 0.126 e. The molecule has 3 nitrogen and oxygen atoms in total. The highest BCUT2D eigenvalue weighted by molar-refractivity contribution is 7.99. The molecule has 1 saturated heterocycles. The number of aromatic nitrogens is 1. The van der Waals surface area contributed by atoms with E-state index in [-0.39, 0.29) is 0 Å². The van der Waals surface area contributed by atoms with Crippen LogP contribution in [0.4, 0.5) is 5.82 Å². The number of anilines is 1. The van der Waals surface area contributed by atoms with Gasteiger partial charge in [-0.3, -0.25) is 0 Å². The minimum atomic E-state index is 0.339. The van der Waals surface area contributed by atoms with Crippen molar-refractivity contribution in [2.45, 2.75) is 37.4 Å². The highest BCUT2D eigenvalue weighted by Gasteiger charge is 2.24. The molecule has 0 spiro atoms. The van der Waals surface area contributed by atoms with Gasteiger partial charge in [-0.2, -0.15) is 0 Å². The lowest BCUT2D eigenvalue weighted by molar-refractivity contribution is 0.127. The molecule has 2 rings (SSSR count). The minimum Gasteiger partial charge on any atom is -0.377 e. The van der Waals surface area contributed by atoms with Crippen LogP contribution in [-0.4, -0.2) is 29.5 Å². The Morgan fingerprint density at radius 3 is 3.06 bits per heavy atom. The Morgan fingerprint density at radius 2 is 2.39 bits per heavy atom. The lowest BCUT2D eigenvalue weighted by atomic mass is 10.3. The fraction of sp³-hybridized carbons (Fsp3) is 0.615. The van der Waals surface area contributed by atoms with Gasteiger partial charge in [-0.15, -0.1) is 11.8 Å². The summed E-state index contributed by atoms with van der Waals surface area (Å²) in [5.41, 5.74) is 0.958. The number of pyridine rings is 1. The van der Waals surface area contributed by atoms with Gasteiger partial charge in [0.2, 0.25) is 0 Å². The number of rotatable bonds is 5. The van der Waals surface area contributed by atoms with Gasteiger partial charge in [0.05, 0.1) is 16.8 Å². The molecule has 2 unspecified atom stereocenters. The molecule has 2 atom stereocenters. The van der Waals surface area contributed by atoms with Crippen LogP contribution >= 0.6 is 23.4 Å². The summed E-state index contributed by atoms with van der Waals surface area (Å²) in [6.07, 6.45) is 1.46. The van der Waals surface area contributed by atoms with Gasteiger partial charge in [-0.05, 0) is 32.4 Å². The number of halogens is 1. The number of nitrogens with one attached hydrogen (secondary N) is 1. The smallest absolute Gasteiger partial charge is 0.126 e. The molecule has 2 heterocycles. The third-order valence-electron chi connectivity index (χ3n) is 3.02. The van der Waals surface area contributed by atoms with Crippen molar-refractivity contribution in [3.8, 4) is 0 Å². The van der Waals surface area contributed by atoms with Crippen molar-refractivity contribution < 1.29 is 4.74 Å². The van der Waals surface area contributed by atoms with Crippen LogP contribution in [0.3, 0.4) is 0 Å². The Morgan fingerprint density at radius 1 is 1.56 bits per heavy atom. The first kappa shape index (κ1) is 14.0. The molecule has 1 N–H and O–H groups in total. The largest absolute Gasteiger partial charge is 0.377 e. The standard InChI is InChI=1S/C13H19ClN2OS/c1-3-15-13-5-4-10(14)11(16-13)8-18-12-6-7-17-9(12)2/h4-5,9,12H,3,6-8H2,1-2H3,(H,15,16). The Kier molecular flexibility index (Phi) is 5.15. The van der Waals surface area contributed by atoms with Gasteiger partial charge < -0.3 is 10.1 Å². The number of hydrogen-bond donors (Lipinski definition) is 1. The van der Waals surface area contributed by atoms with Crippen LogP contribution < -0.4 is 5.32 Å². The van der Waals surface area contributed by atoms with Crippen LogP contribution in [0, 0.1) is 0 Å². The quantitative estimate of drug-likeness (QED) is 0.897. The molecule has 1 aromatic rings. The second-order valence-electron chi connectivity index (χ2n) is 4.37. The van der Waals surface area contributed by atoms with Crippen LogP contribution in [0.15, 0.2) is 12.1 Å². The van der Waals surface area contributed by atoms with Crippen molar-refractivity contribution in [2.75, 3.05) is 18.5 Å². The number of hydrogen-bond acceptors (Lipinski definition) is 4. The Labute approximate surface area is 118 Å². The van der Waals surface area contributed by atoms with Crippen molar-refractivity contribution in [3.05, 3.63) is 22.8 Å². The normalized spacial score (nSPS) is 23.3. The molecule has 0 radical (unpaired) electrons. The zero-order chi connectivity index (χ0) is 13.0. The van der Waals surface area contributed by atoms with Gasteiger partial charge in [0, 0.05) is 24.2 Å². The van der Waals surface area contributed by atoms with Gasteiger partial charge in [0.1, 0.15) is 5.82 Å². The van der Waals surface area contributed by atoms with E-state index in [2.05, 4.69) is 24.1 Å². The summed E-state index contributed by atoms with van der Waals surface area (Å²) in [5.74, 6) is 1.74. The molecular formula is C13H19ClN2OS. The Bertz CT molecular complexity index is 403. The van der Waals surface area contributed by atoms with E-state index in [1.807, 2.05) is 23.9 Å². The molecule has 0 amide bonds. The maximum atomic E-state index is 6.18. The van der Waals surface area contributed by atoms with Crippen LogP contribution in [0.1, 0.15) is 26.0 Å². The second-order valence-corrected chi connectivity index (χ2v) is 6.00. The maximum absolute atomic E-state index is 6.18. The molecule has 1 aromatic heterocycles. The molecule has 100 valence electrons. The summed E-state index contributed by atoms with van der Waals surface area (Å²) in [5, 5.41) is 4.51. The molecule has 18 heavy (non-hydrogen) atoms. The van der Waals surface area contributed by atoms with Gasteiger partial charge in [-0.1, -0.05) is 11.6 Å². The molecule has 0 aromatic carbocycles. The van der Waals surface area contributed by atoms with Crippen molar-refractivity contribution in [3.63, 3.8) is 0 Å². The zero-order valence-corrected chi connectivity index (χ0v) is 12.4. The summed E-state index contributed by atoms with van der Waals surface area (Å²) in [4.78, 5) is 4.54. The van der Waals surface area contributed by atoms with Crippen LogP contribution in [-0.2, 0) is 10.5 Å². The first-order chi connectivity index (χ1) is 8.70. The molecule has 1 aliphatic rings. The second kappa shape index (κ2) is 6.64. The predicted molar refractivity (Wildman–Crippen MR) is 78.5 cm³/mol. The van der Waals surface area contributed by atoms with E-state index in [0.29, 0.717) is 11.4 Å². The number of thioether (sulfide) groups is 1. The van der Waals surface area contributed by atoms with E-state index in [1.165, 1.54) is 0 Å². The number of nitrogens with zero attached hydrogens (tertiary/aromatic N) is 1. The number of ether oxygens (including phenoxy) is 1. The van der Waals surface area contributed by atoms with E-state index >= 15 is 0 Å². The van der Waals surface area contributed by atoms with Crippen LogP contribution in [0.5, 0.6) is 0 Å². The van der Waals surface area contributed by atoms with Crippen molar-refractivity contribution in [1.29, 1.82) is 0 Å². The van der Waals surface area contributed by atoms with E-state index in [1.54, 1.807) is 0 Å². The fourth-order valence-corrected chi connectivity index (χ4v) is 3.44. The SMILES string of the molecule is CCNc1ccc(Cl)c(CSC2CCOC2C)n1. The summed E-state index contributed by atoms with van der Waals surface area (Å²) < 4.78 is 5.56. The molecule has 1 aliphatic heterocycles. The minimum absolute atomic E-state index is 0.339. The Hall–Kier alpha value is -0.450. The van der Waals surface area contributed by atoms with Crippen molar-refractivity contribution >= 4 is 29.2 Å². The monoisotopic (exact) mass is 286 g/mol. The van der Waals surface area contributed by atoms with E-state index in [4.69, 9.17) is 16.3 Å². The lowest BCUT2D eigenvalue weighted by Gasteiger charge is -2.14. The van der Waals surface area contributed by atoms with Gasteiger partial charge in [0.15, 0.2) is 0 Å². The van der Waals surface area contributed by atoms with Crippen molar-refractivity contribution in [2.24, 2.45) is 0 Å². The average Bonchev–Trinajstić information content (AvgIpc) is 2.76. The summed E-state index contributed by atoms with van der Waals surface area (Å²) in [7, 11) is 0. The first-order valence-corrected chi connectivity index (χ1v) is 7.76. The predicted octanol–water partition coefficient (Wildman–Crippen LogP) is 3.58. The van der Waals surface area contributed by atoms with E-state index in [0.717, 1.165) is 41.9 Å². The van der Waals surface area contributed by atoms with Crippen molar-refractivity contribution in [1.82, 2.24) is 4.98 Å². The van der Waals surface area contributed by atoms with Crippen LogP contribution in [0.25, 0.3) is 0 Å². The highest BCUT2D eigenvalue weighted by atomic mass is 35.5. The summed E-state index contributed by atoms with van der Waals surface area (Å²) in [6, 6.07) is 3.83.